The van der Waals surface area contributed by atoms with Crippen molar-refractivity contribution in [2.24, 2.45) is 0 Å². The summed E-state index contributed by atoms with van der Waals surface area (Å²) in [6.45, 7) is 4.60. The van der Waals surface area contributed by atoms with E-state index in [1.807, 2.05) is 12.1 Å². The highest BCUT2D eigenvalue weighted by molar-refractivity contribution is 6.08. The first-order valence-corrected chi connectivity index (χ1v) is 14.2. The van der Waals surface area contributed by atoms with Gasteiger partial charge in [-0.1, -0.05) is 146 Å². The lowest BCUT2D eigenvalue weighted by molar-refractivity contribution is 1.52. The van der Waals surface area contributed by atoms with Crippen molar-refractivity contribution < 1.29 is 0 Å². The van der Waals surface area contributed by atoms with Gasteiger partial charge in [0.15, 0.2) is 0 Å². The molecule has 0 saturated carbocycles. The Bertz CT molecular complexity index is 2190. The van der Waals surface area contributed by atoms with E-state index in [1.165, 1.54) is 39.2 Å². The van der Waals surface area contributed by atoms with Crippen LogP contribution >= 0.6 is 0 Å². The lowest BCUT2D eigenvalue weighted by Gasteiger charge is -2.16. The predicted molar refractivity (Wildman–Crippen MR) is 181 cm³/mol. The van der Waals surface area contributed by atoms with Gasteiger partial charge in [0.1, 0.15) is 0 Å². The molecule has 1 N–H and O–H groups in total. The zero-order valence-electron chi connectivity index (χ0n) is 23.2. The number of rotatable bonds is 5. The molecule has 1 nitrogen and oxygen atoms in total. The molecule has 0 bridgehead atoms. The summed E-state index contributed by atoms with van der Waals surface area (Å²) in [6.07, 6.45) is 3.25. The fraction of sp³-hybridized carbons (Fsp3) is 0. The van der Waals surface area contributed by atoms with Crippen molar-refractivity contribution in [1.82, 2.24) is 0 Å². The first-order chi connectivity index (χ1) is 20.7. The van der Waals surface area contributed by atoms with Gasteiger partial charge in [-0.05, 0) is 88.6 Å². The van der Waals surface area contributed by atoms with Crippen LogP contribution in [0.4, 0.5) is 0 Å². The highest BCUT2D eigenvalue weighted by Crippen LogP contribution is 2.33. The van der Waals surface area contributed by atoms with Crippen LogP contribution in [-0.2, 0) is 0 Å². The predicted octanol–water partition coefficient (Wildman–Crippen LogP) is 9.50. The average molecular weight is 536 g/mol. The van der Waals surface area contributed by atoms with Gasteiger partial charge in [0.2, 0.25) is 0 Å². The number of fused-ring (bicyclic) bond motifs is 2. The largest absolute Gasteiger partial charge is 0.309 e. The van der Waals surface area contributed by atoms with E-state index in [0.717, 1.165) is 43.5 Å². The van der Waals surface area contributed by atoms with E-state index in [4.69, 9.17) is 5.41 Å². The lowest BCUT2D eigenvalue weighted by Crippen LogP contribution is -2.28. The molecule has 0 aliphatic carbocycles. The second-order valence-electron chi connectivity index (χ2n) is 10.6. The Morgan fingerprint density at radius 3 is 1.52 bits per heavy atom. The molecule has 0 atom stereocenters. The Morgan fingerprint density at radius 1 is 0.429 bits per heavy atom. The van der Waals surface area contributed by atoms with Crippen LogP contribution in [0.1, 0.15) is 0 Å². The van der Waals surface area contributed by atoms with E-state index in [0.29, 0.717) is 0 Å². The molecule has 0 fully saturated rings. The molecule has 42 heavy (non-hydrogen) atoms. The summed E-state index contributed by atoms with van der Waals surface area (Å²) in [6, 6.07) is 51.6. The third kappa shape index (κ3) is 4.52. The molecular weight excluding hydrogens is 506 g/mol. The maximum absolute atomic E-state index is 8.00. The van der Waals surface area contributed by atoms with Gasteiger partial charge in [0.05, 0.1) is 0 Å². The summed E-state index contributed by atoms with van der Waals surface area (Å²) >= 11 is 0. The molecule has 7 aromatic rings. The minimum absolute atomic E-state index is 0.931. The zero-order valence-corrected chi connectivity index (χ0v) is 23.2. The third-order valence-corrected chi connectivity index (χ3v) is 8.15. The third-order valence-electron chi connectivity index (χ3n) is 8.15. The maximum atomic E-state index is 8.00. The summed E-state index contributed by atoms with van der Waals surface area (Å²) < 4.78 is 0. The Labute approximate surface area is 245 Å². The van der Waals surface area contributed by atoms with Crippen LogP contribution in [0.2, 0.25) is 0 Å². The van der Waals surface area contributed by atoms with E-state index in [2.05, 4.69) is 146 Å². The van der Waals surface area contributed by atoms with Gasteiger partial charge in [0.25, 0.3) is 0 Å². The summed E-state index contributed by atoms with van der Waals surface area (Å²) in [5, 5.41) is 14.6. The summed E-state index contributed by atoms with van der Waals surface area (Å²) in [5.41, 5.74) is 9.26. The van der Waals surface area contributed by atoms with Gasteiger partial charge in [-0.25, -0.2) is 0 Å². The van der Waals surface area contributed by atoms with Gasteiger partial charge >= 0.3 is 0 Å². The molecule has 0 aliphatic rings. The van der Waals surface area contributed by atoms with Crippen LogP contribution in [0.25, 0.3) is 78.7 Å². The second-order valence-corrected chi connectivity index (χ2v) is 10.6. The van der Waals surface area contributed by atoms with E-state index < -0.39 is 0 Å². The molecule has 0 saturated heterocycles. The molecule has 7 rings (SSSR count). The SMILES string of the molecule is C=c1c(-c2ccc(-c3ccc(-c4ccccc4)cc3)cc2)c2ccccc2c(-c2ccc3ccccc3c2)/c1=C/C=N. The van der Waals surface area contributed by atoms with Crippen molar-refractivity contribution >= 4 is 40.4 Å². The standard InChI is InChI=1S/C41H29N/c1-28-37(25-26-42)41(36-24-21-30-11-5-6-12-35(30)27-36)39-14-8-7-13-38(39)40(28)34-22-19-33(20-23-34)32-17-15-31(16-18-32)29-9-3-2-4-10-29/h2-27,42H,1H2/b37-25+,42-26?. The Balaban J connectivity index is 1.36. The number of benzene rings is 7. The number of hydrogen-bond acceptors (Lipinski definition) is 1. The van der Waals surface area contributed by atoms with Crippen molar-refractivity contribution in [3.63, 3.8) is 0 Å². The van der Waals surface area contributed by atoms with Gasteiger partial charge in [0, 0.05) is 6.21 Å². The van der Waals surface area contributed by atoms with Crippen molar-refractivity contribution in [1.29, 1.82) is 5.41 Å². The molecular formula is C41H29N. The van der Waals surface area contributed by atoms with Crippen LogP contribution in [0.3, 0.4) is 0 Å². The van der Waals surface area contributed by atoms with E-state index in [9.17, 15) is 0 Å². The van der Waals surface area contributed by atoms with Crippen LogP contribution < -0.4 is 10.4 Å². The molecule has 198 valence electrons. The molecule has 0 unspecified atom stereocenters. The van der Waals surface area contributed by atoms with Gasteiger partial charge in [-0.15, -0.1) is 0 Å². The monoisotopic (exact) mass is 535 g/mol. The fourth-order valence-electron chi connectivity index (χ4n) is 6.08. The summed E-state index contributed by atoms with van der Waals surface area (Å²) in [5.74, 6) is 0. The first-order valence-electron chi connectivity index (χ1n) is 14.2. The Hall–Kier alpha value is -5.53. The summed E-state index contributed by atoms with van der Waals surface area (Å²) in [7, 11) is 0. The first kappa shape index (κ1) is 25.4. The van der Waals surface area contributed by atoms with E-state index in [-0.39, 0.29) is 0 Å². The van der Waals surface area contributed by atoms with Crippen LogP contribution in [0.5, 0.6) is 0 Å². The molecule has 1 heteroatoms. The van der Waals surface area contributed by atoms with E-state index >= 15 is 0 Å². The smallest absolute Gasteiger partial charge is 0.0184 e. The van der Waals surface area contributed by atoms with E-state index in [1.54, 1.807) is 0 Å². The van der Waals surface area contributed by atoms with Gasteiger partial charge in [-0.2, -0.15) is 0 Å². The van der Waals surface area contributed by atoms with Gasteiger partial charge < -0.3 is 5.41 Å². The zero-order chi connectivity index (χ0) is 28.5. The highest BCUT2D eigenvalue weighted by Gasteiger charge is 2.14. The van der Waals surface area contributed by atoms with Gasteiger partial charge in [-0.3, -0.25) is 0 Å². The molecule has 0 heterocycles. The number of nitrogens with one attached hydrogen (secondary N) is 1. The second kappa shape index (κ2) is 10.8. The van der Waals surface area contributed by atoms with Crippen molar-refractivity contribution in [3.8, 4) is 44.5 Å². The van der Waals surface area contributed by atoms with Crippen molar-refractivity contribution in [2.45, 2.75) is 0 Å². The molecule has 0 amide bonds. The van der Waals surface area contributed by atoms with Crippen molar-refractivity contribution in [2.75, 3.05) is 0 Å². The minimum atomic E-state index is 0.931. The Kier molecular flexibility index (Phi) is 6.54. The molecule has 0 aliphatic heterocycles. The van der Waals surface area contributed by atoms with Crippen LogP contribution in [0.15, 0.2) is 146 Å². The highest BCUT2D eigenvalue weighted by atomic mass is 14.3. The molecule has 0 radical (unpaired) electrons. The lowest BCUT2D eigenvalue weighted by atomic mass is 9.87. The van der Waals surface area contributed by atoms with Crippen molar-refractivity contribution in [3.05, 3.63) is 156 Å². The fourth-order valence-corrected chi connectivity index (χ4v) is 6.08. The number of hydrogen-bond donors (Lipinski definition) is 1. The van der Waals surface area contributed by atoms with Crippen LogP contribution in [-0.4, -0.2) is 6.21 Å². The molecule has 0 aromatic heterocycles. The quantitative estimate of drug-likeness (QED) is 0.212. The average Bonchev–Trinajstić information content (AvgIpc) is 3.06. The minimum Gasteiger partial charge on any atom is -0.309 e. The van der Waals surface area contributed by atoms with Crippen LogP contribution in [0, 0.1) is 5.41 Å². The topological polar surface area (TPSA) is 23.9 Å². The maximum Gasteiger partial charge on any atom is 0.0184 e. The Morgan fingerprint density at radius 2 is 0.905 bits per heavy atom. The molecule has 0 spiro atoms. The normalized spacial score (nSPS) is 11.7. The molecule has 7 aromatic carbocycles. The summed E-state index contributed by atoms with van der Waals surface area (Å²) in [4.78, 5) is 0.